The van der Waals surface area contributed by atoms with E-state index < -0.39 is 0 Å². The maximum atomic E-state index is 12.2. The van der Waals surface area contributed by atoms with Gasteiger partial charge >= 0.3 is 0 Å². The molecule has 2 heterocycles. The van der Waals surface area contributed by atoms with Gasteiger partial charge in [-0.05, 0) is 17.7 Å². The molecule has 0 bridgehead atoms. The minimum atomic E-state index is -0.239. The van der Waals surface area contributed by atoms with Crippen molar-refractivity contribution in [3.63, 3.8) is 0 Å². The Kier molecular flexibility index (Phi) is 2.44. The van der Waals surface area contributed by atoms with E-state index in [0.29, 0.717) is 5.56 Å². The predicted molar refractivity (Wildman–Crippen MR) is 63.6 cm³/mol. The van der Waals surface area contributed by atoms with E-state index in [1.54, 1.807) is 24.4 Å². The number of rotatable bonds is 2. The number of hydrogen-bond acceptors (Lipinski definition) is 3. The number of carbonyl (C=O) groups is 2. The van der Waals surface area contributed by atoms with E-state index in [9.17, 15) is 9.59 Å². The standard InChI is InChI=1S/C13H11N3O2/c17-12-7-9-3-1-2-4-11(9)13(18)16(12)8-10-5-6-14-15-10/h1-6H,7-8H2,(H,14,15). The summed E-state index contributed by atoms with van der Waals surface area (Å²) in [6, 6.07) is 8.97. The number of H-pyrrole nitrogens is 1. The summed E-state index contributed by atoms with van der Waals surface area (Å²) < 4.78 is 0. The number of hydrogen-bond donors (Lipinski definition) is 1. The SMILES string of the molecule is O=C1Cc2ccccc2C(=O)N1Cc1ccn[nH]1. The smallest absolute Gasteiger partial charge is 0.261 e. The van der Waals surface area contributed by atoms with Gasteiger partial charge in [0.2, 0.25) is 5.91 Å². The van der Waals surface area contributed by atoms with Gasteiger partial charge in [0.1, 0.15) is 0 Å². The van der Waals surface area contributed by atoms with Gasteiger partial charge in [-0.2, -0.15) is 5.10 Å². The Labute approximate surface area is 103 Å². The van der Waals surface area contributed by atoms with Crippen LogP contribution in [0.2, 0.25) is 0 Å². The number of imide groups is 1. The molecule has 18 heavy (non-hydrogen) atoms. The van der Waals surface area contributed by atoms with Crippen molar-refractivity contribution in [2.45, 2.75) is 13.0 Å². The maximum absolute atomic E-state index is 12.2. The summed E-state index contributed by atoms with van der Waals surface area (Å²) in [5.74, 6) is -0.412. The number of fused-ring (bicyclic) bond motifs is 1. The summed E-state index contributed by atoms with van der Waals surface area (Å²) in [6.45, 7) is 0.242. The summed E-state index contributed by atoms with van der Waals surface area (Å²) in [5.41, 5.74) is 2.15. The topological polar surface area (TPSA) is 66.1 Å². The highest BCUT2D eigenvalue weighted by Gasteiger charge is 2.30. The largest absolute Gasteiger partial charge is 0.281 e. The Bertz CT molecular complexity index is 604. The molecule has 5 heteroatoms. The minimum absolute atomic E-state index is 0.173. The summed E-state index contributed by atoms with van der Waals surface area (Å²) in [5, 5.41) is 6.56. The van der Waals surface area contributed by atoms with E-state index in [-0.39, 0.29) is 24.8 Å². The number of carbonyl (C=O) groups excluding carboxylic acids is 2. The molecule has 1 aliphatic heterocycles. The van der Waals surface area contributed by atoms with Crippen molar-refractivity contribution in [2.75, 3.05) is 0 Å². The Morgan fingerprint density at radius 3 is 2.83 bits per heavy atom. The molecule has 3 rings (SSSR count). The highest BCUT2D eigenvalue weighted by Crippen LogP contribution is 2.20. The van der Waals surface area contributed by atoms with Crippen LogP contribution in [-0.4, -0.2) is 26.9 Å². The molecular formula is C13H11N3O2. The molecule has 2 amide bonds. The van der Waals surface area contributed by atoms with Crippen LogP contribution in [0.1, 0.15) is 21.6 Å². The average molecular weight is 241 g/mol. The van der Waals surface area contributed by atoms with Crippen molar-refractivity contribution in [1.82, 2.24) is 15.1 Å². The lowest BCUT2D eigenvalue weighted by Crippen LogP contribution is -2.41. The molecule has 1 aromatic carbocycles. The monoisotopic (exact) mass is 241 g/mol. The molecule has 0 fully saturated rings. The lowest BCUT2D eigenvalue weighted by Gasteiger charge is -2.26. The van der Waals surface area contributed by atoms with Crippen molar-refractivity contribution in [1.29, 1.82) is 0 Å². The molecule has 0 aliphatic carbocycles. The molecule has 90 valence electrons. The number of nitrogens with zero attached hydrogens (tertiary/aromatic N) is 2. The maximum Gasteiger partial charge on any atom is 0.261 e. The fourth-order valence-electron chi connectivity index (χ4n) is 2.10. The van der Waals surface area contributed by atoms with Crippen LogP contribution in [0.3, 0.4) is 0 Å². The lowest BCUT2D eigenvalue weighted by molar-refractivity contribution is -0.128. The van der Waals surface area contributed by atoms with Gasteiger partial charge in [-0.15, -0.1) is 0 Å². The van der Waals surface area contributed by atoms with Crippen molar-refractivity contribution in [3.8, 4) is 0 Å². The molecule has 1 aliphatic rings. The average Bonchev–Trinajstić information content (AvgIpc) is 2.87. The molecule has 0 saturated carbocycles. The summed E-state index contributed by atoms with van der Waals surface area (Å²) in [4.78, 5) is 25.4. The summed E-state index contributed by atoms with van der Waals surface area (Å²) in [6.07, 6.45) is 1.87. The second kappa shape index (κ2) is 4.10. The van der Waals surface area contributed by atoms with Gasteiger partial charge in [-0.3, -0.25) is 19.6 Å². The third-order valence-electron chi connectivity index (χ3n) is 3.02. The molecule has 5 nitrogen and oxygen atoms in total. The molecule has 1 aromatic heterocycles. The van der Waals surface area contributed by atoms with E-state index in [4.69, 9.17) is 0 Å². The van der Waals surface area contributed by atoms with Crippen LogP contribution in [0.25, 0.3) is 0 Å². The molecule has 0 atom stereocenters. The molecule has 0 unspecified atom stereocenters. The highest BCUT2D eigenvalue weighted by molar-refractivity contribution is 6.09. The number of benzene rings is 1. The Hall–Kier alpha value is -2.43. The van der Waals surface area contributed by atoms with Gasteiger partial charge in [0.05, 0.1) is 18.7 Å². The van der Waals surface area contributed by atoms with E-state index >= 15 is 0 Å². The van der Waals surface area contributed by atoms with E-state index in [1.165, 1.54) is 4.90 Å². The first-order valence-electron chi connectivity index (χ1n) is 5.66. The third kappa shape index (κ3) is 1.69. The van der Waals surface area contributed by atoms with Crippen molar-refractivity contribution in [2.24, 2.45) is 0 Å². The highest BCUT2D eigenvalue weighted by atomic mass is 16.2. The second-order valence-electron chi connectivity index (χ2n) is 4.20. The molecule has 0 radical (unpaired) electrons. The second-order valence-corrected chi connectivity index (χ2v) is 4.20. The first-order chi connectivity index (χ1) is 8.75. The number of amides is 2. The van der Waals surface area contributed by atoms with Gasteiger partial charge in [0, 0.05) is 11.8 Å². The van der Waals surface area contributed by atoms with Crippen LogP contribution < -0.4 is 0 Å². The first-order valence-corrected chi connectivity index (χ1v) is 5.66. The fraction of sp³-hybridized carbons (Fsp3) is 0.154. The summed E-state index contributed by atoms with van der Waals surface area (Å²) >= 11 is 0. The molecule has 2 aromatic rings. The molecule has 1 N–H and O–H groups in total. The van der Waals surface area contributed by atoms with Crippen LogP contribution >= 0.6 is 0 Å². The Balaban J connectivity index is 1.93. The van der Waals surface area contributed by atoms with Crippen LogP contribution in [0.5, 0.6) is 0 Å². The van der Waals surface area contributed by atoms with Crippen LogP contribution in [-0.2, 0) is 17.8 Å². The van der Waals surface area contributed by atoms with Crippen LogP contribution in [0, 0.1) is 0 Å². The normalized spacial score (nSPS) is 14.8. The molecular weight excluding hydrogens is 230 g/mol. The summed E-state index contributed by atoms with van der Waals surface area (Å²) in [7, 11) is 0. The number of aromatic amines is 1. The van der Waals surface area contributed by atoms with Gasteiger partial charge in [-0.25, -0.2) is 0 Å². The first kappa shape index (κ1) is 10.7. The molecule has 0 spiro atoms. The van der Waals surface area contributed by atoms with Gasteiger partial charge in [0.15, 0.2) is 0 Å². The number of nitrogens with one attached hydrogen (secondary N) is 1. The lowest BCUT2D eigenvalue weighted by atomic mass is 9.98. The fourth-order valence-corrected chi connectivity index (χ4v) is 2.10. The van der Waals surface area contributed by atoms with E-state index in [0.717, 1.165) is 11.3 Å². The minimum Gasteiger partial charge on any atom is -0.281 e. The Morgan fingerprint density at radius 2 is 2.06 bits per heavy atom. The van der Waals surface area contributed by atoms with Gasteiger partial charge in [0.25, 0.3) is 5.91 Å². The van der Waals surface area contributed by atoms with E-state index in [1.807, 2.05) is 12.1 Å². The van der Waals surface area contributed by atoms with Crippen LogP contribution in [0.15, 0.2) is 36.5 Å². The Morgan fingerprint density at radius 1 is 1.22 bits per heavy atom. The predicted octanol–water partition coefficient (Wildman–Crippen LogP) is 1.13. The van der Waals surface area contributed by atoms with E-state index in [2.05, 4.69) is 10.2 Å². The zero-order valence-corrected chi connectivity index (χ0v) is 9.59. The van der Waals surface area contributed by atoms with Crippen LogP contribution in [0.4, 0.5) is 0 Å². The zero-order chi connectivity index (χ0) is 12.5. The van der Waals surface area contributed by atoms with Gasteiger partial charge in [-0.1, -0.05) is 18.2 Å². The van der Waals surface area contributed by atoms with Crippen molar-refractivity contribution < 1.29 is 9.59 Å². The number of aromatic nitrogens is 2. The van der Waals surface area contributed by atoms with Gasteiger partial charge < -0.3 is 0 Å². The zero-order valence-electron chi connectivity index (χ0n) is 9.59. The third-order valence-corrected chi connectivity index (χ3v) is 3.02. The quantitative estimate of drug-likeness (QED) is 0.802. The van der Waals surface area contributed by atoms with Crippen molar-refractivity contribution >= 4 is 11.8 Å². The molecule has 0 saturated heterocycles. The van der Waals surface area contributed by atoms with Crippen molar-refractivity contribution in [3.05, 3.63) is 53.3 Å².